The maximum absolute atomic E-state index is 13.7. The van der Waals surface area contributed by atoms with Crippen LogP contribution in [-0.2, 0) is 0 Å². The van der Waals surface area contributed by atoms with E-state index in [0.717, 1.165) is 17.0 Å². The summed E-state index contributed by atoms with van der Waals surface area (Å²) in [6.45, 7) is 2.48. The molecule has 1 aliphatic rings. The van der Waals surface area contributed by atoms with Gasteiger partial charge in [-0.25, -0.2) is 9.07 Å². The number of aromatic nitrogens is 2. The molecule has 1 fully saturated rings. The van der Waals surface area contributed by atoms with Crippen LogP contribution in [0.3, 0.4) is 0 Å². The van der Waals surface area contributed by atoms with Gasteiger partial charge < -0.3 is 14.5 Å². The molecule has 0 bridgehead atoms. The number of halogens is 2. The number of rotatable bonds is 5. The standard InChI is InChI=1S/C27H24ClFN4O2/c1-35-26-8-3-2-7-24(26)31-13-15-32(16-14-31)27(34)25-18-23(19-9-11-21(29)12-10-19)30-33(25)22-6-4-5-20(28)17-22/h2-12,17-18H,13-16H2,1H3. The maximum Gasteiger partial charge on any atom is 0.272 e. The number of carbonyl (C=O) groups is 1. The lowest BCUT2D eigenvalue weighted by molar-refractivity contribution is 0.0737. The van der Waals surface area contributed by atoms with Gasteiger partial charge in [0.25, 0.3) is 5.91 Å². The zero-order chi connectivity index (χ0) is 24.4. The van der Waals surface area contributed by atoms with Gasteiger partial charge in [0.1, 0.15) is 17.3 Å². The first-order chi connectivity index (χ1) is 17.0. The fourth-order valence-corrected chi connectivity index (χ4v) is 4.49. The molecule has 1 amide bonds. The van der Waals surface area contributed by atoms with Crippen molar-refractivity contribution in [1.29, 1.82) is 0 Å². The molecule has 3 aromatic carbocycles. The van der Waals surface area contributed by atoms with Gasteiger partial charge >= 0.3 is 0 Å². The Morgan fingerprint density at radius 3 is 2.40 bits per heavy atom. The minimum absolute atomic E-state index is 0.120. The summed E-state index contributed by atoms with van der Waals surface area (Å²) in [6.07, 6.45) is 0. The smallest absolute Gasteiger partial charge is 0.272 e. The van der Waals surface area contributed by atoms with Crippen molar-refractivity contribution in [2.24, 2.45) is 0 Å². The minimum atomic E-state index is -0.327. The van der Waals surface area contributed by atoms with Crippen molar-refractivity contribution in [3.63, 3.8) is 0 Å². The number of nitrogens with zero attached hydrogens (tertiary/aromatic N) is 4. The van der Waals surface area contributed by atoms with Crippen LogP contribution in [0, 0.1) is 5.82 Å². The molecule has 8 heteroatoms. The summed E-state index contributed by atoms with van der Waals surface area (Å²) >= 11 is 6.22. The fourth-order valence-electron chi connectivity index (χ4n) is 4.30. The highest BCUT2D eigenvalue weighted by Crippen LogP contribution is 2.29. The molecular formula is C27H24ClFN4O2. The van der Waals surface area contributed by atoms with Crippen LogP contribution in [0.2, 0.25) is 5.02 Å². The Morgan fingerprint density at radius 1 is 0.943 bits per heavy atom. The number of methoxy groups -OCH3 is 1. The van der Waals surface area contributed by atoms with E-state index < -0.39 is 0 Å². The minimum Gasteiger partial charge on any atom is -0.495 e. The number of para-hydroxylation sites is 2. The quantitative estimate of drug-likeness (QED) is 0.381. The van der Waals surface area contributed by atoms with Crippen LogP contribution in [0.5, 0.6) is 5.75 Å². The van der Waals surface area contributed by atoms with Crippen LogP contribution >= 0.6 is 11.6 Å². The normalized spacial score (nSPS) is 13.7. The summed E-state index contributed by atoms with van der Waals surface area (Å²) in [4.78, 5) is 17.7. The molecule has 0 aliphatic carbocycles. The maximum atomic E-state index is 13.7. The third-order valence-corrected chi connectivity index (χ3v) is 6.35. The van der Waals surface area contributed by atoms with Gasteiger partial charge in [-0.3, -0.25) is 4.79 Å². The van der Waals surface area contributed by atoms with E-state index in [9.17, 15) is 9.18 Å². The van der Waals surface area contributed by atoms with Crippen LogP contribution in [0.1, 0.15) is 10.5 Å². The van der Waals surface area contributed by atoms with Gasteiger partial charge in [-0.2, -0.15) is 5.10 Å². The summed E-state index contributed by atoms with van der Waals surface area (Å²) in [5.41, 5.74) is 3.44. The average molecular weight is 491 g/mol. The monoisotopic (exact) mass is 490 g/mol. The second kappa shape index (κ2) is 9.80. The predicted molar refractivity (Wildman–Crippen MR) is 135 cm³/mol. The molecule has 0 radical (unpaired) electrons. The Hall–Kier alpha value is -3.84. The number of hydrogen-bond donors (Lipinski definition) is 0. The second-order valence-corrected chi connectivity index (χ2v) is 8.70. The third kappa shape index (κ3) is 4.72. The second-order valence-electron chi connectivity index (χ2n) is 8.26. The van der Waals surface area contributed by atoms with Gasteiger partial charge in [0.15, 0.2) is 0 Å². The first kappa shape index (κ1) is 22.9. The van der Waals surface area contributed by atoms with E-state index in [0.29, 0.717) is 48.3 Å². The van der Waals surface area contributed by atoms with Gasteiger partial charge in [0.05, 0.1) is 24.2 Å². The predicted octanol–water partition coefficient (Wildman–Crippen LogP) is 5.30. The number of amides is 1. The lowest BCUT2D eigenvalue weighted by atomic mass is 10.1. The van der Waals surface area contributed by atoms with Gasteiger partial charge in [0.2, 0.25) is 0 Å². The largest absolute Gasteiger partial charge is 0.495 e. The Kier molecular flexibility index (Phi) is 6.42. The molecule has 35 heavy (non-hydrogen) atoms. The highest BCUT2D eigenvalue weighted by Gasteiger charge is 2.27. The van der Waals surface area contributed by atoms with Crippen molar-refractivity contribution in [1.82, 2.24) is 14.7 Å². The van der Waals surface area contributed by atoms with Crippen molar-refractivity contribution in [3.8, 4) is 22.7 Å². The molecule has 6 nitrogen and oxygen atoms in total. The summed E-state index contributed by atoms with van der Waals surface area (Å²) < 4.78 is 20.6. The molecule has 2 heterocycles. The Balaban J connectivity index is 1.43. The number of anilines is 1. The van der Waals surface area contributed by atoms with E-state index in [1.165, 1.54) is 12.1 Å². The SMILES string of the molecule is COc1ccccc1N1CCN(C(=O)c2cc(-c3ccc(F)cc3)nn2-c2cccc(Cl)c2)CC1. The number of hydrogen-bond acceptors (Lipinski definition) is 4. The molecule has 0 N–H and O–H groups in total. The van der Waals surface area contributed by atoms with E-state index in [4.69, 9.17) is 16.3 Å². The highest BCUT2D eigenvalue weighted by atomic mass is 35.5. The first-order valence-electron chi connectivity index (χ1n) is 11.3. The van der Waals surface area contributed by atoms with E-state index in [1.54, 1.807) is 42.1 Å². The van der Waals surface area contributed by atoms with Gasteiger partial charge in [-0.05, 0) is 60.7 Å². The molecule has 5 rings (SSSR count). The van der Waals surface area contributed by atoms with Gasteiger partial charge in [0, 0.05) is 36.8 Å². The summed E-state index contributed by atoms with van der Waals surface area (Å²) in [7, 11) is 1.66. The van der Waals surface area contributed by atoms with Crippen LogP contribution in [0.25, 0.3) is 16.9 Å². The van der Waals surface area contributed by atoms with Gasteiger partial charge in [-0.15, -0.1) is 0 Å². The Labute approximate surface area is 208 Å². The summed E-state index contributed by atoms with van der Waals surface area (Å²) in [5, 5.41) is 5.23. The third-order valence-electron chi connectivity index (χ3n) is 6.11. The highest BCUT2D eigenvalue weighted by molar-refractivity contribution is 6.30. The Morgan fingerprint density at radius 2 is 1.69 bits per heavy atom. The van der Waals surface area contributed by atoms with E-state index in [1.807, 2.05) is 41.3 Å². The molecule has 1 aliphatic heterocycles. The van der Waals surface area contributed by atoms with Crippen LogP contribution in [0.15, 0.2) is 78.9 Å². The number of ether oxygens (including phenoxy) is 1. The molecule has 178 valence electrons. The van der Waals surface area contributed by atoms with Crippen LogP contribution < -0.4 is 9.64 Å². The molecule has 0 atom stereocenters. The zero-order valence-corrected chi connectivity index (χ0v) is 20.0. The number of benzene rings is 3. The number of piperazine rings is 1. The van der Waals surface area contributed by atoms with Crippen molar-refractivity contribution < 1.29 is 13.9 Å². The summed E-state index contributed by atoms with van der Waals surface area (Å²) in [6, 6.07) is 22.9. The van der Waals surface area contributed by atoms with Gasteiger partial charge in [-0.1, -0.05) is 29.8 Å². The van der Waals surface area contributed by atoms with Crippen molar-refractivity contribution in [2.75, 3.05) is 38.2 Å². The average Bonchev–Trinajstić information content (AvgIpc) is 3.34. The Bertz CT molecular complexity index is 1350. The zero-order valence-electron chi connectivity index (χ0n) is 19.2. The fraction of sp³-hybridized carbons (Fsp3) is 0.185. The molecule has 0 unspecified atom stereocenters. The molecule has 0 saturated carbocycles. The molecular weight excluding hydrogens is 467 g/mol. The molecule has 4 aromatic rings. The van der Waals surface area contributed by atoms with Crippen LogP contribution in [-0.4, -0.2) is 53.9 Å². The van der Waals surface area contributed by atoms with E-state index in [-0.39, 0.29) is 11.7 Å². The lowest BCUT2D eigenvalue weighted by Gasteiger charge is -2.36. The topological polar surface area (TPSA) is 50.6 Å². The molecule has 1 aromatic heterocycles. The van der Waals surface area contributed by atoms with Crippen molar-refractivity contribution >= 4 is 23.2 Å². The summed E-state index contributed by atoms with van der Waals surface area (Å²) in [5.74, 6) is 0.369. The number of carbonyl (C=O) groups excluding carboxylic acids is 1. The van der Waals surface area contributed by atoms with Crippen LogP contribution in [0.4, 0.5) is 10.1 Å². The molecule has 0 spiro atoms. The van der Waals surface area contributed by atoms with E-state index >= 15 is 0 Å². The van der Waals surface area contributed by atoms with Crippen molar-refractivity contribution in [3.05, 3.63) is 95.4 Å². The van der Waals surface area contributed by atoms with E-state index in [2.05, 4.69) is 10.00 Å². The first-order valence-corrected chi connectivity index (χ1v) is 11.7. The lowest BCUT2D eigenvalue weighted by Crippen LogP contribution is -2.49. The van der Waals surface area contributed by atoms with Crippen molar-refractivity contribution in [2.45, 2.75) is 0 Å². The molecule has 1 saturated heterocycles.